The molecule has 0 aliphatic rings. The van der Waals surface area contributed by atoms with Crippen molar-refractivity contribution in [2.24, 2.45) is 12.8 Å². The molecular weight excluding hydrogens is 194 g/mol. The summed E-state index contributed by atoms with van der Waals surface area (Å²) >= 11 is 0. The molecule has 3 N–H and O–H groups in total. The van der Waals surface area contributed by atoms with Crippen molar-refractivity contribution in [2.45, 2.75) is 19.4 Å². The highest BCUT2D eigenvalue weighted by atomic mass is 16.5. The predicted molar refractivity (Wildman–Crippen MR) is 57.4 cm³/mol. The van der Waals surface area contributed by atoms with E-state index in [-0.39, 0.29) is 12.7 Å². The molecule has 0 aliphatic heterocycles. The van der Waals surface area contributed by atoms with Gasteiger partial charge in [0.1, 0.15) is 0 Å². The van der Waals surface area contributed by atoms with Gasteiger partial charge < -0.3 is 15.6 Å². The first-order valence-corrected chi connectivity index (χ1v) is 5.11. The molecule has 0 saturated heterocycles. The van der Waals surface area contributed by atoms with Gasteiger partial charge in [0, 0.05) is 38.6 Å². The van der Waals surface area contributed by atoms with Crippen LogP contribution in [0.3, 0.4) is 0 Å². The zero-order valence-electron chi connectivity index (χ0n) is 9.31. The van der Waals surface area contributed by atoms with Gasteiger partial charge in [0.15, 0.2) is 0 Å². The molecule has 5 nitrogen and oxygen atoms in total. The summed E-state index contributed by atoms with van der Waals surface area (Å²) in [7, 11) is 1.87. The van der Waals surface area contributed by atoms with Crippen molar-refractivity contribution in [2.75, 3.05) is 19.8 Å². The van der Waals surface area contributed by atoms with Crippen molar-refractivity contribution in [1.82, 2.24) is 9.78 Å². The molecule has 0 spiro atoms. The van der Waals surface area contributed by atoms with Crippen LogP contribution in [0.15, 0.2) is 6.20 Å². The number of rotatable bonds is 6. The van der Waals surface area contributed by atoms with Gasteiger partial charge in [-0.25, -0.2) is 0 Å². The van der Waals surface area contributed by atoms with Crippen LogP contribution in [-0.4, -0.2) is 34.6 Å². The number of ether oxygens (including phenoxy) is 1. The van der Waals surface area contributed by atoms with Gasteiger partial charge in [0.05, 0.1) is 11.8 Å². The highest BCUT2D eigenvalue weighted by molar-refractivity contribution is 5.18. The number of aryl methyl sites for hydroxylation is 2. The Morgan fingerprint density at radius 1 is 1.67 bits per heavy atom. The number of aliphatic hydroxyl groups excluding tert-OH is 1. The fraction of sp³-hybridized carbons (Fsp3) is 0.700. The summed E-state index contributed by atoms with van der Waals surface area (Å²) in [6.07, 6.45) is 2.44. The molecule has 0 fully saturated rings. The van der Waals surface area contributed by atoms with Crippen LogP contribution >= 0.6 is 0 Å². The molecule has 0 radical (unpaired) electrons. The van der Waals surface area contributed by atoms with Gasteiger partial charge in [-0.1, -0.05) is 0 Å². The summed E-state index contributed by atoms with van der Waals surface area (Å²) in [6.45, 7) is 3.03. The minimum Gasteiger partial charge on any atom is -0.396 e. The summed E-state index contributed by atoms with van der Waals surface area (Å²) in [4.78, 5) is 0. The first-order chi connectivity index (χ1) is 7.19. The molecule has 15 heavy (non-hydrogen) atoms. The average molecular weight is 213 g/mol. The minimum atomic E-state index is -0.120. The molecule has 0 bridgehead atoms. The van der Waals surface area contributed by atoms with E-state index in [4.69, 9.17) is 15.6 Å². The lowest BCUT2D eigenvalue weighted by Crippen LogP contribution is -2.17. The van der Waals surface area contributed by atoms with Crippen molar-refractivity contribution >= 4 is 0 Å². The maximum Gasteiger partial charge on any atom is 0.0979 e. The van der Waals surface area contributed by atoms with Gasteiger partial charge in [-0.05, 0) is 13.3 Å². The first kappa shape index (κ1) is 12.2. The highest BCUT2D eigenvalue weighted by Gasteiger charge is 2.15. The van der Waals surface area contributed by atoms with E-state index >= 15 is 0 Å². The Labute approximate surface area is 89.8 Å². The van der Waals surface area contributed by atoms with Gasteiger partial charge in [0.25, 0.3) is 0 Å². The number of aliphatic hydroxyl groups is 1. The van der Waals surface area contributed by atoms with Crippen molar-refractivity contribution in [1.29, 1.82) is 0 Å². The lowest BCUT2D eigenvalue weighted by Gasteiger charge is -2.14. The number of aromatic nitrogens is 2. The van der Waals surface area contributed by atoms with Crippen LogP contribution in [-0.2, 0) is 11.8 Å². The fourth-order valence-electron chi connectivity index (χ4n) is 1.51. The molecule has 86 valence electrons. The topological polar surface area (TPSA) is 73.3 Å². The minimum absolute atomic E-state index is 0.120. The zero-order chi connectivity index (χ0) is 11.3. The van der Waals surface area contributed by atoms with E-state index in [9.17, 15) is 0 Å². The lowest BCUT2D eigenvalue weighted by molar-refractivity contribution is 0.0484. The number of hydrogen-bond donors (Lipinski definition) is 2. The van der Waals surface area contributed by atoms with Crippen molar-refractivity contribution < 1.29 is 9.84 Å². The smallest absolute Gasteiger partial charge is 0.0979 e. The van der Waals surface area contributed by atoms with Gasteiger partial charge in [0.2, 0.25) is 0 Å². The largest absolute Gasteiger partial charge is 0.396 e. The van der Waals surface area contributed by atoms with Crippen molar-refractivity contribution in [3.63, 3.8) is 0 Å². The van der Waals surface area contributed by atoms with E-state index in [1.165, 1.54) is 0 Å². The maximum absolute atomic E-state index is 8.65. The van der Waals surface area contributed by atoms with Crippen LogP contribution in [0, 0.1) is 6.92 Å². The van der Waals surface area contributed by atoms with Crippen LogP contribution in [0.25, 0.3) is 0 Å². The van der Waals surface area contributed by atoms with Crippen LogP contribution in [0.5, 0.6) is 0 Å². The zero-order valence-corrected chi connectivity index (χ0v) is 9.31. The predicted octanol–water partition coefficient (Wildman–Crippen LogP) is 0.127. The molecule has 1 aromatic rings. The molecule has 1 aromatic heterocycles. The SMILES string of the molecule is Cc1nn(C)cc1C(CN)OCCCO. The normalized spacial score (nSPS) is 13.1. The molecule has 1 unspecified atom stereocenters. The first-order valence-electron chi connectivity index (χ1n) is 5.11. The monoisotopic (exact) mass is 213 g/mol. The van der Waals surface area contributed by atoms with E-state index in [2.05, 4.69) is 5.10 Å². The molecule has 1 heterocycles. The van der Waals surface area contributed by atoms with Gasteiger partial charge in [-0.3, -0.25) is 4.68 Å². The van der Waals surface area contributed by atoms with Crippen LogP contribution in [0.2, 0.25) is 0 Å². The standard InChI is InChI=1S/C10H19N3O2/c1-8-9(7-13(2)12-8)10(6-11)15-5-3-4-14/h7,10,14H,3-6,11H2,1-2H3. The summed E-state index contributed by atoms with van der Waals surface area (Å²) in [5.74, 6) is 0. The Kier molecular flexibility index (Phi) is 4.74. The average Bonchev–Trinajstić information content (AvgIpc) is 2.53. The Balaban J connectivity index is 2.61. The second-order valence-electron chi connectivity index (χ2n) is 3.52. The molecule has 0 saturated carbocycles. The van der Waals surface area contributed by atoms with E-state index in [0.717, 1.165) is 11.3 Å². The molecule has 0 amide bonds. The quantitative estimate of drug-likeness (QED) is 0.659. The number of nitrogens with two attached hydrogens (primary N) is 1. The summed E-state index contributed by atoms with van der Waals surface area (Å²) in [5, 5.41) is 12.9. The molecule has 1 rings (SSSR count). The Morgan fingerprint density at radius 2 is 2.40 bits per heavy atom. The molecule has 0 aromatic carbocycles. The van der Waals surface area contributed by atoms with Crippen LogP contribution < -0.4 is 5.73 Å². The molecule has 1 atom stereocenters. The third-order valence-corrected chi connectivity index (χ3v) is 2.23. The van der Waals surface area contributed by atoms with Crippen LogP contribution in [0.1, 0.15) is 23.8 Å². The molecule has 0 aliphatic carbocycles. The second kappa shape index (κ2) is 5.85. The summed E-state index contributed by atoms with van der Waals surface area (Å²) < 4.78 is 7.33. The third kappa shape index (κ3) is 3.30. The summed E-state index contributed by atoms with van der Waals surface area (Å²) in [5.41, 5.74) is 7.61. The Bertz CT molecular complexity index is 299. The van der Waals surface area contributed by atoms with Crippen molar-refractivity contribution in [3.05, 3.63) is 17.5 Å². The highest BCUT2D eigenvalue weighted by Crippen LogP contribution is 2.19. The van der Waals surface area contributed by atoms with E-state index in [0.29, 0.717) is 19.6 Å². The Hall–Kier alpha value is -0.910. The number of hydrogen-bond acceptors (Lipinski definition) is 4. The summed E-state index contributed by atoms with van der Waals surface area (Å²) in [6, 6.07) is 0. The van der Waals surface area contributed by atoms with E-state index in [1.807, 2.05) is 20.2 Å². The number of nitrogens with zero attached hydrogens (tertiary/aromatic N) is 2. The fourth-order valence-corrected chi connectivity index (χ4v) is 1.51. The van der Waals surface area contributed by atoms with Gasteiger partial charge in [-0.15, -0.1) is 0 Å². The third-order valence-electron chi connectivity index (χ3n) is 2.23. The molecule has 5 heteroatoms. The lowest BCUT2D eigenvalue weighted by atomic mass is 10.1. The Morgan fingerprint density at radius 3 is 2.87 bits per heavy atom. The second-order valence-corrected chi connectivity index (χ2v) is 3.52. The van der Waals surface area contributed by atoms with E-state index in [1.54, 1.807) is 4.68 Å². The maximum atomic E-state index is 8.65. The molecular formula is C10H19N3O2. The van der Waals surface area contributed by atoms with Gasteiger partial charge >= 0.3 is 0 Å². The van der Waals surface area contributed by atoms with Crippen molar-refractivity contribution in [3.8, 4) is 0 Å². The van der Waals surface area contributed by atoms with E-state index < -0.39 is 0 Å². The van der Waals surface area contributed by atoms with Crippen LogP contribution in [0.4, 0.5) is 0 Å². The van der Waals surface area contributed by atoms with Gasteiger partial charge in [-0.2, -0.15) is 5.10 Å².